The van der Waals surface area contributed by atoms with Gasteiger partial charge < -0.3 is 9.53 Å². The van der Waals surface area contributed by atoms with Crippen LogP contribution < -0.4 is 4.74 Å². The first kappa shape index (κ1) is 13.3. The van der Waals surface area contributed by atoms with E-state index in [0.717, 1.165) is 30.4 Å². The highest BCUT2D eigenvalue weighted by Crippen LogP contribution is 2.34. The Labute approximate surface area is 106 Å². The van der Waals surface area contributed by atoms with E-state index in [1.165, 1.54) is 0 Å². The van der Waals surface area contributed by atoms with E-state index in [9.17, 15) is 4.79 Å². The number of carbonyl (C=O) groups is 1. The van der Waals surface area contributed by atoms with Crippen LogP contribution in [0.3, 0.4) is 0 Å². The van der Waals surface area contributed by atoms with Crippen molar-refractivity contribution in [1.29, 1.82) is 0 Å². The topological polar surface area (TPSA) is 26.3 Å². The van der Waals surface area contributed by atoms with Crippen molar-refractivity contribution in [2.24, 2.45) is 0 Å². The van der Waals surface area contributed by atoms with Crippen molar-refractivity contribution in [1.82, 2.24) is 0 Å². The molecule has 0 aliphatic carbocycles. The van der Waals surface area contributed by atoms with Crippen molar-refractivity contribution >= 4 is 29.5 Å². The second kappa shape index (κ2) is 6.77. The Morgan fingerprint density at radius 1 is 1.50 bits per heavy atom. The number of unbranched alkanes of at least 4 members (excludes halogenated alkanes) is 1. The van der Waals surface area contributed by atoms with Crippen LogP contribution in [-0.4, -0.2) is 13.4 Å². The number of methoxy groups -OCH3 is 1. The molecule has 0 heterocycles. The third-order valence-corrected chi connectivity index (χ3v) is 3.00. The largest absolute Gasteiger partial charge is 0.496 e. The van der Waals surface area contributed by atoms with Crippen molar-refractivity contribution in [3.8, 4) is 5.75 Å². The molecule has 1 unspecified atom stereocenters. The molecule has 0 radical (unpaired) electrons. The maximum atomic E-state index is 10.2. The van der Waals surface area contributed by atoms with Gasteiger partial charge in [-0.15, -0.1) is 11.6 Å². The zero-order valence-electron chi connectivity index (χ0n) is 9.08. The molecule has 0 saturated heterocycles. The van der Waals surface area contributed by atoms with Crippen LogP contribution in [-0.2, 0) is 4.79 Å². The zero-order chi connectivity index (χ0) is 12.0. The fourth-order valence-corrected chi connectivity index (χ4v) is 1.99. The number of ether oxygens (including phenoxy) is 1. The summed E-state index contributed by atoms with van der Waals surface area (Å²) in [6.45, 7) is 0. The number of hydrogen-bond donors (Lipinski definition) is 0. The van der Waals surface area contributed by atoms with Gasteiger partial charge in [-0.1, -0.05) is 11.6 Å². The zero-order valence-corrected chi connectivity index (χ0v) is 10.6. The summed E-state index contributed by atoms with van der Waals surface area (Å²) in [7, 11) is 1.60. The van der Waals surface area contributed by atoms with Gasteiger partial charge in [-0.3, -0.25) is 0 Å². The Kier molecular flexibility index (Phi) is 5.64. The van der Waals surface area contributed by atoms with Gasteiger partial charge in [-0.05, 0) is 31.0 Å². The predicted octanol–water partition coefficient (Wildman–Crippen LogP) is 4.00. The van der Waals surface area contributed by atoms with Gasteiger partial charge in [0.15, 0.2) is 0 Å². The second-order valence-electron chi connectivity index (χ2n) is 3.45. The van der Waals surface area contributed by atoms with E-state index in [-0.39, 0.29) is 5.38 Å². The molecular formula is C12H14Cl2O2. The van der Waals surface area contributed by atoms with Gasteiger partial charge in [0.2, 0.25) is 0 Å². The third kappa shape index (κ3) is 3.69. The van der Waals surface area contributed by atoms with Gasteiger partial charge in [0, 0.05) is 17.0 Å². The Bertz CT molecular complexity index is 353. The number of halogens is 2. The fraction of sp³-hybridized carbons (Fsp3) is 0.417. The van der Waals surface area contributed by atoms with Crippen molar-refractivity contribution < 1.29 is 9.53 Å². The molecule has 0 aromatic heterocycles. The summed E-state index contributed by atoms with van der Waals surface area (Å²) >= 11 is 12.2. The van der Waals surface area contributed by atoms with Gasteiger partial charge in [-0.2, -0.15) is 0 Å². The van der Waals surface area contributed by atoms with Crippen molar-refractivity contribution in [2.75, 3.05) is 7.11 Å². The summed E-state index contributed by atoms with van der Waals surface area (Å²) < 4.78 is 5.22. The monoisotopic (exact) mass is 260 g/mol. The molecule has 0 aliphatic heterocycles. The number of aldehydes is 1. The van der Waals surface area contributed by atoms with Crippen LogP contribution in [0.15, 0.2) is 18.2 Å². The minimum absolute atomic E-state index is 0.173. The summed E-state index contributed by atoms with van der Waals surface area (Å²) in [5, 5.41) is 0.463. The number of benzene rings is 1. The highest BCUT2D eigenvalue weighted by Gasteiger charge is 2.13. The molecule has 0 bridgehead atoms. The Balaban J connectivity index is 2.75. The summed E-state index contributed by atoms with van der Waals surface area (Å²) in [6, 6.07) is 5.37. The average molecular weight is 261 g/mol. The van der Waals surface area contributed by atoms with E-state index in [2.05, 4.69) is 0 Å². The van der Waals surface area contributed by atoms with Crippen molar-refractivity contribution in [2.45, 2.75) is 24.6 Å². The molecule has 0 spiro atoms. The van der Waals surface area contributed by atoms with Crippen LogP contribution in [0, 0.1) is 0 Å². The molecule has 4 heteroatoms. The number of rotatable bonds is 6. The molecular weight excluding hydrogens is 247 g/mol. The molecule has 1 aromatic carbocycles. The van der Waals surface area contributed by atoms with E-state index >= 15 is 0 Å². The van der Waals surface area contributed by atoms with E-state index in [1.807, 2.05) is 0 Å². The Morgan fingerprint density at radius 2 is 2.25 bits per heavy atom. The number of carbonyl (C=O) groups excluding carboxylic acids is 1. The first-order chi connectivity index (χ1) is 7.69. The maximum Gasteiger partial charge on any atom is 0.123 e. The molecule has 0 fully saturated rings. The van der Waals surface area contributed by atoms with Gasteiger partial charge in [-0.25, -0.2) is 0 Å². The number of hydrogen-bond acceptors (Lipinski definition) is 2. The summed E-state index contributed by atoms with van der Waals surface area (Å²) in [4.78, 5) is 10.2. The first-order valence-electron chi connectivity index (χ1n) is 5.10. The molecule has 0 aliphatic rings. The molecule has 0 saturated carbocycles. The van der Waals surface area contributed by atoms with Crippen LogP contribution in [0.25, 0.3) is 0 Å². The normalized spacial score (nSPS) is 12.2. The minimum Gasteiger partial charge on any atom is -0.496 e. The molecule has 1 rings (SSSR count). The second-order valence-corrected chi connectivity index (χ2v) is 4.41. The first-order valence-corrected chi connectivity index (χ1v) is 5.91. The van der Waals surface area contributed by atoms with Crippen LogP contribution >= 0.6 is 23.2 Å². The summed E-state index contributed by atoms with van der Waals surface area (Å²) in [5.74, 6) is 0.732. The average Bonchev–Trinajstić information content (AvgIpc) is 2.29. The minimum atomic E-state index is -0.173. The highest BCUT2D eigenvalue weighted by molar-refractivity contribution is 6.30. The van der Waals surface area contributed by atoms with Gasteiger partial charge in [0.1, 0.15) is 12.0 Å². The van der Waals surface area contributed by atoms with Crippen molar-refractivity contribution in [3.05, 3.63) is 28.8 Å². The molecule has 1 aromatic rings. The number of alkyl halides is 1. The van der Waals surface area contributed by atoms with E-state index in [4.69, 9.17) is 27.9 Å². The standard InChI is InChI=1S/C12H14Cl2O2/c1-16-12-6-5-9(13)8-10(12)11(14)4-2-3-7-15/h5-8,11H,2-4H2,1H3. The quantitative estimate of drug-likeness (QED) is 0.439. The molecule has 1 atom stereocenters. The van der Waals surface area contributed by atoms with Crippen LogP contribution in [0.2, 0.25) is 5.02 Å². The molecule has 88 valence electrons. The molecule has 0 N–H and O–H groups in total. The van der Waals surface area contributed by atoms with Crippen LogP contribution in [0.1, 0.15) is 30.2 Å². The third-order valence-electron chi connectivity index (χ3n) is 2.31. The lowest BCUT2D eigenvalue weighted by molar-refractivity contribution is -0.107. The summed E-state index contributed by atoms with van der Waals surface area (Å²) in [6.07, 6.45) is 2.94. The lowest BCUT2D eigenvalue weighted by atomic mass is 10.1. The van der Waals surface area contributed by atoms with E-state index in [1.54, 1.807) is 25.3 Å². The Morgan fingerprint density at radius 3 is 2.88 bits per heavy atom. The fourth-order valence-electron chi connectivity index (χ4n) is 1.49. The predicted molar refractivity (Wildman–Crippen MR) is 66.5 cm³/mol. The van der Waals surface area contributed by atoms with Crippen molar-refractivity contribution in [3.63, 3.8) is 0 Å². The van der Waals surface area contributed by atoms with Crippen LogP contribution in [0.5, 0.6) is 5.75 Å². The smallest absolute Gasteiger partial charge is 0.123 e. The highest BCUT2D eigenvalue weighted by atomic mass is 35.5. The molecule has 16 heavy (non-hydrogen) atoms. The van der Waals surface area contributed by atoms with E-state index in [0.29, 0.717) is 11.4 Å². The SMILES string of the molecule is COc1ccc(Cl)cc1C(Cl)CCCC=O. The Hall–Kier alpha value is -0.730. The molecule has 0 amide bonds. The van der Waals surface area contributed by atoms with Crippen LogP contribution in [0.4, 0.5) is 0 Å². The lowest BCUT2D eigenvalue weighted by Gasteiger charge is -2.13. The maximum absolute atomic E-state index is 10.2. The molecule has 2 nitrogen and oxygen atoms in total. The lowest BCUT2D eigenvalue weighted by Crippen LogP contribution is -1.96. The van der Waals surface area contributed by atoms with Gasteiger partial charge in [0.05, 0.1) is 12.5 Å². The van der Waals surface area contributed by atoms with Gasteiger partial charge in [0.25, 0.3) is 0 Å². The summed E-state index contributed by atoms with van der Waals surface area (Å²) in [5.41, 5.74) is 0.877. The van der Waals surface area contributed by atoms with Gasteiger partial charge >= 0.3 is 0 Å². The van der Waals surface area contributed by atoms with E-state index < -0.39 is 0 Å².